The van der Waals surface area contributed by atoms with Crippen molar-refractivity contribution in [2.45, 2.75) is 6.92 Å². The van der Waals surface area contributed by atoms with Crippen molar-refractivity contribution in [1.29, 1.82) is 0 Å². The molecule has 0 radical (unpaired) electrons. The average Bonchev–Trinajstić information content (AvgIpc) is 2.03. The smallest absolute Gasteiger partial charge is 0.798 e. The molecule has 1 aromatic carbocycles. The summed E-state index contributed by atoms with van der Waals surface area (Å²) in [4.78, 5) is 12.7. The van der Waals surface area contributed by atoms with Gasteiger partial charge in [-0.05, 0) is 29.9 Å². The second-order valence-corrected chi connectivity index (χ2v) is 4.34. The molecule has 1 atom stereocenters. The number of benzene rings is 1. The minimum Gasteiger partial charge on any atom is -0.798 e. The Morgan fingerprint density at radius 1 is 1.36 bits per heavy atom. The van der Waals surface area contributed by atoms with Crippen LogP contribution in [-0.2, 0) is 4.57 Å². The number of hydrogen-bond acceptors (Lipinski definition) is 3. The van der Waals surface area contributed by atoms with Crippen LogP contribution in [0.1, 0.15) is 5.56 Å². The Morgan fingerprint density at radius 3 is 2.29 bits per heavy atom. The Labute approximate surface area is 107 Å². The first kappa shape index (κ1) is 14.2. The molecule has 0 aromatic heterocycles. The van der Waals surface area contributed by atoms with E-state index in [0.717, 1.165) is 11.3 Å². The van der Waals surface area contributed by atoms with E-state index in [1.54, 1.807) is 12.1 Å². The predicted octanol–water partition coefficient (Wildman–Crippen LogP) is -2.47. The van der Waals surface area contributed by atoms with Crippen molar-refractivity contribution in [2.24, 2.45) is 0 Å². The quantitative estimate of drug-likeness (QED) is 0.410. The van der Waals surface area contributed by atoms with Gasteiger partial charge in [-0.1, -0.05) is 6.07 Å². The molecule has 14 heavy (non-hydrogen) atoms. The Balaban J connectivity index is 0.00000169. The van der Waals surface area contributed by atoms with Crippen molar-refractivity contribution in [3.05, 3.63) is 23.8 Å². The fourth-order valence-electron chi connectivity index (χ4n) is 1.28. The Bertz CT molecular complexity index is 342. The number of hydrogen-bond donors (Lipinski definition) is 0. The maximum absolute atomic E-state index is 10.7. The molecule has 0 saturated heterocycles. The molecule has 72 valence electrons. The number of rotatable bonds is 2. The van der Waals surface area contributed by atoms with Crippen LogP contribution < -0.4 is 44.7 Å². The van der Waals surface area contributed by atoms with Gasteiger partial charge in [0.1, 0.15) is 0 Å². The van der Waals surface area contributed by atoms with Gasteiger partial charge in [-0.2, -0.15) is 0 Å². The number of anilines is 1. The van der Waals surface area contributed by atoms with Crippen molar-refractivity contribution in [3.8, 4) is 0 Å². The van der Waals surface area contributed by atoms with E-state index in [1.165, 1.54) is 0 Å². The first-order valence-corrected chi connectivity index (χ1v) is 5.33. The molecule has 1 aromatic rings. The van der Waals surface area contributed by atoms with Gasteiger partial charge in [0.15, 0.2) is 0 Å². The molecule has 0 fully saturated rings. The van der Waals surface area contributed by atoms with Gasteiger partial charge in [0.2, 0.25) is 0 Å². The van der Waals surface area contributed by atoms with Crippen LogP contribution in [0.3, 0.4) is 0 Å². The largest absolute Gasteiger partial charge is 1.00 e. The molecule has 0 bridgehead atoms. The monoisotopic (exact) mass is 221 g/mol. The average molecular weight is 221 g/mol. The van der Waals surface area contributed by atoms with E-state index in [-0.39, 0.29) is 29.6 Å². The number of nitrogens with zero attached hydrogens (tertiary/aromatic N) is 1. The minimum atomic E-state index is -2.79. The van der Waals surface area contributed by atoms with Crippen molar-refractivity contribution in [1.82, 2.24) is 0 Å². The maximum atomic E-state index is 10.7. The Morgan fingerprint density at radius 2 is 1.93 bits per heavy atom. The van der Waals surface area contributed by atoms with Gasteiger partial charge >= 0.3 is 29.6 Å². The third kappa shape index (κ3) is 3.41. The maximum Gasteiger partial charge on any atom is 1.00 e. The van der Waals surface area contributed by atoms with Gasteiger partial charge in [0.05, 0.1) is 0 Å². The summed E-state index contributed by atoms with van der Waals surface area (Å²) in [6.07, 6.45) is 0. The first-order valence-electron chi connectivity index (χ1n) is 4.01. The zero-order valence-electron chi connectivity index (χ0n) is 9.00. The van der Waals surface area contributed by atoms with Crippen LogP contribution in [0.25, 0.3) is 0 Å². The minimum absolute atomic E-state index is 0. The van der Waals surface area contributed by atoms with Gasteiger partial charge < -0.3 is 14.4 Å². The van der Waals surface area contributed by atoms with Gasteiger partial charge in [0, 0.05) is 27.8 Å². The second kappa shape index (κ2) is 5.94. The zero-order valence-corrected chi connectivity index (χ0v) is 12.0. The molecule has 0 heterocycles. The molecular weight excluding hydrogens is 208 g/mol. The zero-order chi connectivity index (χ0) is 10.0. The molecule has 0 amide bonds. The van der Waals surface area contributed by atoms with E-state index >= 15 is 0 Å². The van der Waals surface area contributed by atoms with Crippen LogP contribution in [-0.4, -0.2) is 14.1 Å². The number of aryl methyl sites for hydroxylation is 1. The molecule has 0 aliphatic heterocycles. The molecule has 1 rings (SSSR count). The summed E-state index contributed by atoms with van der Waals surface area (Å²) in [5.74, 6) is 0. The third-order valence-electron chi connectivity index (χ3n) is 1.91. The van der Waals surface area contributed by atoms with Crippen molar-refractivity contribution in [3.63, 3.8) is 0 Å². The van der Waals surface area contributed by atoms with E-state index in [4.69, 9.17) is 0 Å². The molecule has 0 aliphatic rings. The van der Waals surface area contributed by atoms with E-state index in [2.05, 4.69) is 0 Å². The van der Waals surface area contributed by atoms with Crippen molar-refractivity contribution >= 4 is 19.0 Å². The Kier molecular flexibility index (Phi) is 6.03. The molecule has 5 heteroatoms. The van der Waals surface area contributed by atoms with Gasteiger partial charge in [-0.3, -0.25) is 0 Å². The van der Waals surface area contributed by atoms with Crippen molar-refractivity contribution in [2.75, 3.05) is 19.0 Å². The summed E-state index contributed by atoms with van der Waals surface area (Å²) in [5, 5.41) is 0.410. The van der Waals surface area contributed by atoms with Crippen LogP contribution in [0, 0.1) is 6.92 Å². The summed E-state index contributed by atoms with van der Waals surface area (Å²) >= 11 is 0. The van der Waals surface area contributed by atoms with Crippen molar-refractivity contribution < 1.29 is 39.0 Å². The van der Waals surface area contributed by atoms with Crippen LogP contribution in [0.2, 0.25) is 0 Å². The van der Waals surface area contributed by atoms with Crippen LogP contribution in [0.5, 0.6) is 0 Å². The summed E-state index contributed by atoms with van der Waals surface area (Å²) in [7, 11) is 1.07. The van der Waals surface area contributed by atoms with E-state index < -0.39 is 8.03 Å². The normalized spacial score (nSPS) is 11.7. The SMILES string of the molecule is Cc1cc([PH](=O)[O-])ccc1N(C)C.[Na+]. The molecule has 0 spiro atoms. The van der Waals surface area contributed by atoms with Crippen LogP contribution >= 0.6 is 8.03 Å². The first-order chi connectivity index (χ1) is 6.02. The molecular formula is C9H13NNaO2P. The van der Waals surface area contributed by atoms with Gasteiger partial charge in [0.25, 0.3) is 0 Å². The third-order valence-corrected chi connectivity index (χ3v) is 2.70. The van der Waals surface area contributed by atoms with E-state index in [1.807, 2.05) is 32.0 Å². The topological polar surface area (TPSA) is 43.4 Å². The molecule has 1 unspecified atom stereocenters. The van der Waals surface area contributed by atoms with E-state index in [9.17, 15) is 9.46 Å². The summed E-state index contributed by atoms with van der Waals surface area (Å²) in [6, 6.07) is 5.16. The van der Waals surface area contributed by atoms with Crippen LogP contribution in [0.15, 0.2) is 18.2 Å². The van der Waals surface area contributed by atoms with Gasteiger partial charge in [-0.15, -0.1) is 0 Å². The standard InChI is InChI=1S/C9H14NO2P.Na/c1-7-6-8(13(11)12)4-5-9(7)10(2)3;/h4-6,13H,1-3H3,(H,11,12);/q;+1/p-1. The fourth-order valence-corrected chi connectivity index (χ4v) is 1.84. The predicted molar refractivity (Wildman–Crippen MR) is 54.1 cm³/mol. The molecule has 3 nitrogen and oxygen atoms in total. The molecule has 0 saturated carbocycles. The molecule has 0 aliphatic carbocycles. The van der Waals surface area contributed by atoms with E-state index in [0.29, 0.717) is 5.30 Å². The summed E-state index contributed by atoms with van der Waals surface area (Å²) < 4.78 is 10.7. The second-order valence-electron chi connectivity index (χ2n) is 3.18. The summed E-state index contributed by atoms with van der Waals surface area (Å²) in [6.45, 7) is 1.91. The molecule has 0 N–H and O–H groups in total. The Hall–Kier alpha value is 0.210. The fraction of sp³-hybridized carbons (Fsp3) is 0.333. The summed E-state index contributed by atoms with van der Waals surface area (Å²) in [5.41, 5.74) is 2.03. The van der Waals surface area contributed by atoms with Crippen LogP contribution in [0.4, 0.5) is 5.69 Å². The van der Waals surface area contributed by atoms with Gasteiger partial charge in [-0.25, -0.2) is 0 Å².